The van der Waals surface area contributed by atoms with Crippen molar-refractivity contribution in [2.24, 2.45) is 23.7 Å². The van der Waals surface area contributed by atoms with Gasteiger partial charge in [-0.2, -0.15) is 0 Å². The Hall–Kier alpha value is -1.26. The van der Waals surface area contributed by atoms with Gasteiger partial charge in [-0.3, -0.25) is 4.90 Å². The summed E-state index contributed by atoms with van der Waals surface area (Å²) in [5, 5.41) is 0. The summed E-state index contributed by atoms with van der Waals surface area (Å²) < 4.78 is 11.9. The Morgan fingerprint density at radius 3 is 2.21 bits per heavy atom. The van der Waals surface area contributed by atoms with Crippen LogP contribution in [0.3, 0.4) is 0 Å². The zero-order valence-corrected chi connectivity index (χ0v) is 17.6. The molecule has 6 rings (SSSR count). The normalized spacial score (nSPS) is 35.3. The lowest BCUT2D eigenvalue weighted by molar-refractivity contribution is -0.00285. The van der Waals surface area contributed by atoms with Crippen molar-refractivity contribution in [2.45, 2.75) is 38.0 Å². The summed E-state index contributed by atoms with van der Waals surface area (Å²) in [6.07, 6.45) is 7.36. The quantitative estimate of drug-likeness (QED) is 0.744. The molecule has 0 spiro atoms. The van der Waals surface area contributed by atoms with Crippen LogP contribution in [0, 0.1) is 23.7 Å². The third-order valence-corrected chi connectivity index (χ3v) is 8.06. The van der Waals surface area contributed by atoms with Gasteiger partial charge in [-0.1, -0.05) is 6.07 Å². The van der Waals surface area contributed by atoms with Crippen molar-refractivity contribution in [1.82, 2.24) is 9.80 Å². The molecule has 0 amide bonds. The number of ether oxygens (including phenoxy) is 2. The molecule has 0 atom stereocenters. The molecule has 4 bridgehead atoms. The third-order valence-electron chi connectivity index (χ3n) is 8.06. The standard InChI is InChI=1S/C24H36N2O2/c1-25-5-7-26(8-6-25)9-10-28-22-4-3-19(16-23(22)27-2)24-20-12-17-11-18(14-20)15-21(24)13-17/h3-4,16-18,20-21,24H,5-15H2,1-2H3. The lowest BCUT2D eigenvalue weighted by Crippen LogP contribution is -2.45. The van der Waals surface area contributed by atoms with Gasteiger partial charge in [-0.25, -0.2) is 0 Å². The summed E-state index contributed by atoms with van der Waals surface area (Å²) >= 11 is 0. The van der Waals surface area contributed by atoms with E-state index >= 15 is 0 Å². The van der Waals surface area contributed by atoms with E-state index in [9.17, 15) is 0 Å². The Balaban J connectivity index is 1.23. The molecule has 0 N–H and O–H groups in total. The van der Waals surface area contributed by atoms with Gasteiger partial charge >= 0.3 is 0 Å². The lowest BCUT2D eigenvalue weighted by atomic mass is 9.51. The van der Waals surface area contributed by atoms with E-state index in [0.29, 0.717) is 0 Å². The summed E-state index contributed by atoms with van der Waals surface area (Å²) in [4.78, 5) is 4.89. The van der Waals surface area contributed by atoms with E-state index in [2.05, 4.69) is 35.0 Å². The van der Waals surface area contributed by atoms with Crippen molar-refractivity contribution in [3.63, 3.8) is 0 Å². The van der Waals surface area contributed by atoms with Crippen molar-refractivity contribution < 1.29 is 9.47 Å². The Labute approximate surface area is 170 Å². The molecule has 1 heterocycles. The van der Waals surface area contributed by atoms with Crippen LogP contribution in [0.25, 0.3) is 0 Å². The van der Waals surface area contributed by atoms with Crippen LogP contribution in [0.2, 0.25) is 0 Å². The van der Waals surface area contributed by atoms with Crippen LogP contribution in [-0.4, -0.2) is 63.3 Å². The molecule has 4 heteroatoms. The highest BCUT2D eigenvalue weighted by atomic mass is 16.5. The minimum absolute atomic E-state index is 0.734. The second-order valence-corrected chi connectivity index (χ2v) is 9.86. The Morgan fingerprint density at radius 2 is 1.57 bits per heavy atom. The number of methoxy groups -OCH3 is 1. The molecule has 1 aromatic rings. The number of benzene rings is 1. The monoisotopic (exact) mass is 384 g/mol. The minimum Gasteiger partial charge on any atom is -0.493 e. The molecule has 28 heavy (non-hydrogen) atoms. The van der Waals surface area contributed by atoms with Crippen molar-refractivity contribution in [2.75, 3.05) is 53.5 Å². The SMILES string of the molecule is COc1cc(C2C3CC4CC(C3)CC2C4)ccc1OCCN1CCN(C)CC1. The van der Waals surface area contributed by atoms with E-state index in [4.69, 9.17) is 9.47 Å². The molecule has 0 aromatic heterocycles. The molecular formula is C24H36N2O2. The van der Waals surface area contributed by atoms with Crippen molar-refractivity contribution in [3.8, 4) is 11.5 Å². The van der Waals surface area contributed by atoms with Crippen LogP contribution < -0.4 is 9.47 Å². The van der Waals surface area contributed by atoms with Gasteiger partial charge in [0.1, 0.15) is 6.61 Å². The molecule has 1 aromatic carbocycles. The molecule has 5 aliphatic rings. The van der Waals surface area contributed by atoms with Gasteiger partial charge in [0.25, 0.3) is 0 Å². The van der Waals surface area contributed by atoms with E-state index in [0.717, 1.165) is 80.4 Å². The number of rotatable bonds is 6. The van der Waals surface area contributed by atoms with Crippen LogP contribution in [0.1, 0.15) is 43.6 Å². The van der Waals surface area contributed by atoms with Gasteiger partial charge in [-0.15, -0.1) is 0 Å². The molecule has 1 aliphatic heterocycles. The maximum Gasteiger partial charge on any atom is 0.161 e. The number of piperazine rings is 1. The summed E-state index contributed by atoms with van der Waals surface area (Å²) in [5.41, 5.74) is 1.50. The van der Waals surface area contributed by atoms with Crippen LogP contribution in [0.5, 0.6) is 11.5 Å². The zero-order chi connectivity index (χ0) is 19.1. The average molecular weight is 385 g/mol. The predicted octanol–water partition coefficient (Wildman–Crippen LogP) is 3.86. The fraction of sp³-hybridized carbons (Fsp3) is 0.750. The van der Waals surface area contributed by atoms with Gasteiger partial charge in [0.15, 0.2) is 11.5 Å². The topological polar surface area (TPSA) is 24.9 Å². The minimum atomic E-state index is 0.734. The summed E-state index contributed by atoms with van der Waals surface area (Å²) in [6, 6.07) is 6.79. The fourth-order valence-electron chi connectivity index (χ4n) is 6.84. The number of likely N-dealkylation sites (N-methyl/N-ethyl adjacent to an activating group) is 1. The van der Waals surface area contributed by atoms with Crippen molar-refractivity contribution in [3.05, 3.63) is 23.8 Å². The largest absolute Gasteiger partial charge is 0.493 e. The number of hydrogen-bond donors (Lipinski definition) is 0. The summed E-state index contributed by atoms with van der Waals surface area (Å²) in [7, 11) is 3.98. The fourth-order valence-corrected chi connectivity index (χ4v) is 6.84. The molecule has 4 saturated carbocycles. The molecule has 0 unspecified atom stereocenters. The zero-order valence-electron chi connectivity index (χ0n) is 17.6. The van der Waals surface area contributed by atoms with E-state index in [1.54, 1.807) is 7.11 Å². The molecular weight excluding hydrogens is 348 g/mol. The van der Waals surface area contributed by atoms with Crippen LogP contribution >= 0.6 is 0 Å². The highest BCUT2D eigenvalue weighted by Crippen LogP contribution is 2.60. The number of nitrogens with zero attached hydrogens (tertiary/aromatic N) is 2. The smallest absolute Gasteiger partial charge is 0.161 e. The first-order chi connectivity index (χ1) is 13.7. The van der Waals surface area contributed by atoms with Gasteiger partial charge in [0.05, 0.1) is 7.11 Å². The van der Waals surface area contributed by atoms with Gasteiger partial charge in [-0.05, 0) is 86.4 Å². The maximum atomic E-state index is 6.14. The molecule has 0 radical (unpaired) electrons. The Bertz CT molecular complexity index is 655. The van der Waals surface area contributed by atoms with E-state index < -0.39 is 0 Å². The molecule has 154 valence electrons. The first-order valence-corrected chi connectivity index (χ1v) is 11.4. The van der Waals surface area contributed by atoms with Crippen LogP contribution in [-0.2, 0) is 0 Å². The van der Waals surface area contributed by atoms with Gasteiger partial charge < -0.3 is 14.4 Å². The van der Waals surface area contributed by atoms with Crippen LogP contribution in [0.15, 0.2) is 18.2 Å². The summed E-state index contributed by atoms with van der Waals surface area (Å²) in [6.45, 7) is 6.32. The van der Waals surface area contributed by atoms with E-state index in [1.165, 1.54) is 37.7 Å². The predicted molar refractivity (Wildman–Crippen MR) is 112 cm³/mol. The van der Waals surface area contributed by atoms with Gasteiger partial charge in [0.2, 0.25) is 0 Å². The van der Waals surface area contributed by atoms with Crippen molar-refractivity contribution >= 4 is 0 Å². The van der Waals surface area contributed by atoms with E-state index in [1.807, 2.05) is 0 Å². The van der Waals surface area contributed by atoms with Crippen molar-refractivity contribution in [1.29, 1.82) is 0 Å². The summed E-state index contributed by atoms with van der Waals surface area (Å²) in [5.74, 6) is 6.44. The molecule has 4 aliphatic carbocycles. The molecule has 1 saturated heterocycles. The van der Waals surface area contributed by atoms with Crippen LogP contribution in [0.4, 0.5) is 0 Å². The third kappa shape index (κ3) is 3.66. The van der Waals surface area contributed by atoms with Gasteiger partial charge in [0, 0.05) is 32.7 Å². The highest BCUT2D eigenvalue weighted by molar-refractivity contribution is 5.44. The first-order valence-electron chi connectivity index (χ1n) is 11.4. The molecule has 4 nitrogen and oxygen atoms in total. The second kappa shape index (κ2) is 7.87. The lowest BCUT2D eigenvalue weighted by Gasteiger charge is -2.54. The first kappa shape index (κ1) is 18.7. The maximum absolute atomic E-state index is 6.14. The van der Waals surface area contributed by atoms with E-state index in [-0.39, 0.29) is 0 Å². The molecule has 5 fully saturated rings. The average Bonchev–Trinajstić information content (AvgIpc) is 2.69. The second-order valence-electron chi connectivity index (χ2n) is 9.86. The highest BCUT2D eigenvalue weighted by Gasteiger charge is 2.48. The Morgan fingerprint density at radius 1 is 0.893 bits per heavy atom. The Kier molecular flexibility index (Phi) is 5.27. The number of hydrogen-bond acceptors (Lipinski definition) is 4.